The van der Waals surface area contributed by atoms with E-state index in [0.717, 1.165) is 26.5 Å². The standard InChI is InChI=1S/C35H23NO3S/c1-35(2)25-10-4-6-12-27(25)36(28-13-7-5-11-26(28)35)20-15-16-29-22(17-20)34(38)23-18-24-32(19-30(23)39-29)40-31-14-8-3-9-21(31)33(24)37/h3-19H,1-2H3. The Kier molecular flexibility index (Phi) is 4.71. The van der Waals surface area contributed by atoms with Gasteiger partial charge in [-0.1, -0.05) is 62.4 Å². The molecule has 40 heavy (non-hydrogen) atoms. The molecule has 0 unspecified atom stereocenters. The minimum Gasteiger partial charge on any atom is -0.456 e. The van der Waals surface area contributed by atoms with Crippen molar-refractivity contribution in [3.63, 3.8) is 0 Å². The Morgan fingerprint density at radius 1 is 0.600 bits per heavy atom. The van der Waals surface area contributed by atoms with Crippen LogP contribution in [0.2, 0.25) is 0 Å². The Morgan fingerprint density at radius 3 is 1.98 bits per heavy atom. The largest absolute Gasteiger partial charge is 0.456 e. The van der Waals surface area contributed by atoms with Gasteiger partial charge in [-0.3, -0.25) is 9.59 Å². The lowest BCUT2D eigenvalue weighted by Crippen LogP contribution is -2.30. The van der Waals surface area contributed by atoms with Crippen molar-refractivity contribution >= 4 is 70.5 Å². The molecule has 5 heteroatoms. The fourth-order valence-corrected chi connectivity index (χ4v) is 7.31. The lowest BCUT2D eigenvalue weighted by Gasteiger charge is -2.42. The third kappa shape index (κ3) is 3.12. The van der Waals surface area contributed by atoms with Crippen molar-refractivity contribution in [3.8, 4) is 0 Å². The zero-order valence-corrected chi connectivity index (χ0v) is 22.7. The number of nitrogens with zero attached hydrogens (tertiary/aromatic N) is 1. The highest BCUT2D eigenvalue weighted by molar-refractivity contribution is 7.24. The monoisotopic (exact) mass is 537 g/mol. The van der Waals surface area contributed by atoms with E-state index < -0.39 is 0 Å². The Bertz CT molecular complexity index is 2260. The molecule has 2 aromatic heterocycles. The average molecular weight is 538 g/mol. The maximum Gasteiger partial charge on any atom is 0.200 e. The number of hydrogen-bond donors (Lipinski definition) is 0. The van der Waals surface area contributed by atoms with E-state index in [1.807, 2.05) is 48.5 Å². The molecule has 0 atom stereocenters. The third-order valence-electron chi connectivity index (χ3n) is 8.25. The number of hydrogen-bond acceptors (Lipinski definition) is 5. The molecule has 0 bridgehead atoms. The van der Waals surface area contributed by atoms with Crippen LogP contribution in [-0.2, 0) is 5.41 Å². The van der Waals surface area contributed by atoms with Crippen LogP contribution in [0.25, 0.3) is 42.1 Å². The van der Waals surface area contributed by atoms with Gasteiger partial charge in [-0.05, 0) is 65.7 Å². The number of para-hydroxylation sites is 2. The molecule has 192 valence electrons. The number of fused-ring (bicyclic) bond motifs is 6. The molecule has 0 amide bonds. The molecule has 0 spiro atoms. The van der Waals surface area contributed by atoms with Crippen molar-refractivity contribution in [2.24, 2.45) is 0 Å². The summed E-state index contributed by atoms with van der Waals surface area (Å²) in [4.78, 5) is 29.5. The number of benzene rings is 5. The smallest absolute Gasteiger partial charge is 0.200 e. The van der Waals surface area contributed by atoms with Crippen molar-refractivity contribution in [2.75, 3.05) is 4.90 Å². The van der Waals surface area contributed by atoms with Gasteiger partial charge in [0.25, 0.3) is 0 Å². The van der Waals surface area contributed by atoms with Crippen molar-refractivity contribution in [3.05, 3.63) is 135 Å². The lowest BCUT2D eigenvalue weighted by atomic mass is 9.73. The second-order valence-corrected chi connectivity index (χ2v) is 12.0. The molecule has 0 radical (unpaired) electrons. The summed E-state index contributed by atoms with van der Waals surface area (Å²) < 4.78 is 8.01. The molecule has 0 saturated heterocycles. The van der Waals surface area contributed by atoms with Crippen LogP contribution in [0.4, 0.5) is 17.1 Å². The maximum atomic E-state index is 14.0. The second-order valence-electron chi connectivity index (χ2n) is 10.9. The van der Waals surface area contributed by atoms with Crippen LogP contribution in [-0.4, -0.2) is 0 Å². The minimum absolute atomic E-state index is 0.0661. The molecule has 0 saturated carbocycles. The molecule has 1 aliphatic heterocycles. The summed E-state index contributed by atoms with van der Waals surface area (Å²) in [6.45, 7) is 4.50. The van der Waals surface area contributed by atoms with Gasteiger partial charge in [0.05, 0.1) is 22.1 Å². The molecule has 0 N–H and O–H groups in total. The molecule has 0 aliphatic carbocycles. The summed E-state index contributed by atoms with van der Waals surface area (Å²) >= 11 is 1.53. The van der Waals surface area contributed by atoms with Crippen LogP contribution in [0.15, 0.2) is 117 Å². The Balaban J connectivity index is 1.39. The first-order valence-electron chi connectivity index (χ1n) is 13.3. The van der Waals surface area contributed by atoms with Gasteiger partial charge in [0.15, 0.2) is 5.43 Å². The molecular weight excluding hydrogens is 514 g/mol. The summed E-state index contributed by atoms with van der Waals surface area (Å²) in [5, 5.41) is 2.11. The predicted octanol–water partition coefficient (Wildman–Crippen LogP) is 8.78. The van der Waals surface area contributed by atoms with Gasteiger partial charge >= 0.3 is 0 Å². The van der Waals surface area contributed by atoms with Gasteiger partial charge < -0.3 is 9.32 Å². The summed E-state index contributed by atoms with van der Waals surface area (Å²) in [5.41, 5.74) is 6.14. The molecule has 0 fully saturated rings. The van der Waals surface area contributed by atoms with Crippen LogP contribution >= 0.6 is 11.3 Å². The molecule has 3 heterocycles. The normalized spacial score (nSPS) is 14.1. The van der Waals surface area contributed by atoms with E-state index in [1.54, 1.807) is 6.07 Å². The van der Waals surface area contributed by atoms with E-state index in [4.69, 9.17) is 4.42 Å². The van der Waals surface area contributed by atoms with Crippen molar-refractivity contribution in [2.45, 2.75) is 19.3 Å². The summed E-state index contributed by atoms with van der Waals surface area (Å²) in [6, 6.07) is 33.8. The van der Waals surface area contributed by atoms with Crippen LogP contribution in [0.5, 0.6) is 0 Å². The third-order valence-corrected chi connectivity index (χ3v) is 9.38. The van der Waals surface area contributed by atoms with Crippen molar-refractivity contribution in [1.82, 2.24) is 0 Å². The highest BCUT2D eigenvalue weighted by atomic mass is 32.1. The molecule has 4 nitrogen and oxygen atoms in total. The Labute approximate surface area is 233 Å². The van der Waals surface area contributed by atoms with E-state index in [9.17, 15) is 9.59 Å². The average Bonchev–Trinajstić information content (AvgIpc) is 2.97. The van der Waals surface area contributed by atoms with Gasteiger partial charge in [-0.2, -0.15) is 0 Å². The van der Waals surface area contributed by atoms with Crippen LogP contribution in [0, 0.1) is 0 Å². The fourth-order valence-electron chi connectivity index (χ4n) is 6.23. The second kappa shape index (κ2) is 8.13. The topological polar surface area (TPSA) is 50.5 Å². The molecule has 1 aliphatic rings. The van der Waals surface area contributed by atoms with Gasteiger partial charge in [0, 0.05) is 31.3 Å². The zero-order chi connectivity index (χ0) is 27.2. The summed E-state index contributed by atoms with van der Waals surface area (Å²) in [6.07, 6.45) is 0. The summed E-state index contributed by atoms with van der Waals surface area (Å²) in [7, 11) is 0. The predicted molar refractivity (Wildman–Crippen MR) is 166 cm³/mol. The van der Waals surface area contributed by atoms with Crippen LogP contribution in [0.1, 0.15) is 25.0 Å². The van der Waals surface area contributed by atoms with Crippen LogP contribution < -0.4 is 15.8 Å². The first-order valence-corrected chi connectivity index (χ1v) is 14.1. The van der Waals surface area contributed by atoms with E-state index in [2.05, 4.69) is 67.3 Å². The van der Waals surface area contributed by atoms with E-state index in [-0.39, 0.29) is 16.3 Å². The van der Waals surface area contributed by atoms with E-state index >= 15 is 0 Å². The first kappa shape index (κ1) is 23.2. The summed E-state index contributed by atoms with van der Waals surface area (Å²) in [5.74, 6) is 0. The van der Waals surface area contributed by atoms with Gasteiger partial charge in [-0.25, -0.2) is 0 Å². The SMILES string of the molecule is CC1(C)c2ccccc2N(c2ccc3oc4cc5sc6ccccc6c(=O)c5cc4c(=O)c3c2)c2ccccc21. The number of rotatable bonds is 1. The molecule has 8 rings (SSSR count). The molecular formula is C35H23NO3S. The first-order chi connectivity index (χ1) is 19.4. The fraction of sp³-hybridized carbons (Fsp3) is 0.0857. The van der Waals surface area contributed by atoms with Gasteiger partial charge in [0.2, 0.25) is 5.43 Å². The van der Waals surface area contributed by atoms with E-state index in [0.29, 0.717) is 32.7 Å². The van der Waals surface area contributed by atoms with Crippen molar-refractivity contribution in [1.29, 1.82) is 0 Å². The highest BCUT2D eigenvalue weighted by Gasteiger charge is 2.36. The Hall–Kier alpha value is -4.74. The quantitative estimate of drug-likeness (QED) is 0.196. The number of anilines is 3. The van der Waals surface area contributed by atoms with E-state index in [1.165, 1.54) is 22.5 Å². The van der Waals surface area contributed by atoms with Gasteiger partial charge in [-0.15, -0.1) is 11.3 Å². The highest BCUT2D eigenvalue weighted by Crippen LogP contribution is 2.51. The zero-order valence-electron chi connectivity index (χ0n) is 21.9. The minimum atomic E-state index is -0.169. The maximum absolute atomic E-state index is 14.0. The Morgan fingerprint density at radius 2 is 1.23 bits per heavy atom. The molecule has 7 aromatic rings. The van der Waals surface area contributed by atoms with Gasteiger partial charge in [0.1, 0.15) is 11.2 Å². The molecule has 5 aromatic carbocycles. The van der Waals surface area contributed by atoms with Crippen LogP contribution in [0.3, 0.4) is 0 Å². The lowest BCUT2D eigenvalue weighted by molar-refractivity contribution is 0.632. The van der Waals surface area contributed by atoms with Crippen molar-refractivity contribution < 1.29 is 4.42 Å².